The molecule has 4 heterocycles. The Hall–Kier alpha value is -2.23. The van der Waals surface area contributed by atoms with Crippen LogP contribution < -0.4 is 10.2 Å². The number of nitrogens with zero attached hydrogens (tertiary/aromatic N) is 4. The summed E-state index contributed by atoms with van der Waals surface area (Å²) in [6.07, 6.45) is 5.94. The number of hydrogen-bond donors (Lipinski definition) is 1. The highest BCUT2D eigenvalue weighted by Gasteiger charge is 2.45. The van der Waals surface area contributed by atoms with Gasteiger partial charge in [0.1, 0.15) is 5.71 Å². The van der Waals surface area contributed by atoms with E-state index in [1.807, 2.05) is 4.90 Å². The van der Waals surface area contributed by atoms with Crippen LogP contribution in [0, 0.1) is 0 Å². The lowest BCUT2D eigenvalue weighted by Gasteiger charge is -2.38. The summed E-state index contributed by atoms with van der Waals surface area (Å²) < 4.78 is 23.1. The molecule has 0 aromatic carbocycles. The van der Waals surface area contributed by atoms with Crippen molar-refractivity contribution in [2.45, 2.75) is 37.3 Å². The second kappa shape index (κ2) is 6.49. The maximum atomic E-state index is 12.4. The van der Waals surface area contributed by atoms with Gasteiger partial charge in [0.25, 0.3) is 5.91 Å². The third kappa shape index (κ3) is 3.50. The van der Waals surface area contributed by atoms with Crippen LogP contribution in [-0.2, 0) is 19.5 Å². The van der Waals surface area contributed by atoms with Gasteiger partial charge < -0.3 is 15.1 Å². The lowest BCUT2D eigenvalue weighted by Crippen LogP contribution is -2.50. The molecule has 1 spiro atoms. The standard InChI is InChI=1S/C16H21N5O4S/c22-14(19-12-3-8-26(23,24)10-12)13-9-16(25-20-13)4-1-7-21(11-16)15-17-5-2-6-18-15/h2,5-6,12H,1,3-4,7-11H2,(H,19,22)/t12-,16-/m1/s1. The molecule has 4 rings (SSSR count). The molecular weight excluding hydrogens is 358 g/mol. The molecule has 1 aromatic rings. The van der Waals surface area contributed by atoms with Crippen molar-refractivity contribution in [1.82, 2.24) is 15.3 Å². The molecule has 0 saturated carbocycles. The summed E-state index contributed by atoms with van der Waals surface area (Å²) in [7, 11) is -3.04. The highest BCUT2D eigenvalue weighted by atomic mass is 32.2. The smallest absolute Gasteiger partial charge is 0.269 e. The molecule has 2 saturated heterocycles. The second-order valence-electron chi connectivity index (χ2n) is 7.14. The number of carbonyl (C=O) groups excluding carboxylic acids is 1. The first kappa shape index (κ1) is 17.2. The molecule has 0 aliphatic carbocycles. The largest absolute Gasteiger partial charge is 0.386 e. The molecule has 10 heteroatoms. The van der Waals surface area contributed by atoms with Crippen molar-refractivity contribution in [3.63, 3.8) is 0 Å². The maximum absolute atomic E-state index is 12.4. The van der Waals surface area contributed by atoms with Gasteiger partial charge in [0.2, 0.25) is 5.95 Å². The number of aromatic nitrogens is 2. The van der Waals surface area contributed by atoms with E-state index in [4.69, 9.17) is 4.84 Å². The third-order valence-electron chi connectivity index (χ3n) is 5.04. The summed E-state index contributed by atoms with van der Waals surface area (Å²) in [4.78, 5) is 28.7. The van der Waals surface area contributed by atoms with Crippen molar-refractivity contribution in [3.8, 4) is 0 Å². The van der Waals surface area contributed by atoms with Gasteiger partial charge in [-0.3, -0.25) is 4.79 Å². The van der Waals surface area contributed by atoms with Crippen molar-refractivity contribution in [2.75, 3.05) is 29.5 Å². The molecule has 1 aromatic heterocycles. The zero-order valence-corrected chi connectivity index (χ0v) is 15.1. The topological polar surface area (TPSA) is 114 Å². The van der Waals surface area contributed by atoms with E-state index in [1.54, 1.807) is 18.5 Å². The minimum Gasteiger partial charge on any atom is -0.386 e. The molecule has 3 aliphatic rings. The molecule has 2 fully saturated rings. The van der Waals surface area contributed by atoms with Crippen LogP contribution in [-0.4, -0.2) is 66.2 Å². The molecule has 3 aliphatic heterocycles. The summed E-state index contributed by atoms with van der Waals surface area (Å²) in [5.74, 6) is 0.426. The summed E-state index contributed by atoms with van der Waals surface area (Å²) in [5.41, 5.74) is -0.226. The van der Waals surface area contributed by atoms with E-state index in [9.17, 15) is 13.2 Å². The molecule has 9 nitrogen and oxygen atoms in total. The number of oxime groups is 1. The average Bonchev–Trinajstić information content (AvgIpc) is 3.19. The maximum Gasteiger partial charge on any atom is 0.269 e. The van der Waals surface area contributed by atoms with Crippen LogP contribution in [0.25, 0.3) is 0 Å². The third-order valence-corrected chi connectivity index (χ3v) is 6.81. The highest BCUT2D eigenvalue weighted by Crippen LogP contribution is 2.34. The van der Waals surface area contributed by atoms with Crippen LogP contribution in [0.5, 0.6) is 0 Å². The molecule has 1 N–H and O–H groups in total. The van der Waals surface area contributed by atoms with E-state index in [-0.39, 0.29) is 23.5 Å². The SMILES string of the molecule is O=C(N[C@@H]1CCS(=O)(=O)C1)C1=NO[C@]2(CCCN(c3ncccn3)C2)C1. The fourth-order valence-corrected chi connectivity index (χ4v) is 5.44. The van der Waals surface area contributed by atoms with Crippen LogP contribution in [0.1, 0.15) is 25.7 Å². The van der Waals surface area contributed by atoms with Gasteiger partial charge in [-0.25, -0.2) is 18.4 Å². The summed E-state index contributed by atoms with van der Waals surface area (Å²) in [5, 5.41) is 6.78. The lowest BCUT2D eigenvalue weighted by atomic mass is 9.88. The number of sulfone groups is 1. The van der Waals surface area contributed by atoms with Crippen LogP contribution >= 0.6 is 0 Å². The molecule has 0 bridgehead atoms. The van der Waals surface area contributed by atoms with Gasteiger partial charge in [-0.05, 0) is 25.3 Å². The minimum absolute atomic E-state index is 0.00283. The van der Waals surface area contributed by atoms with Crippen molar-refractivity contribution < 1.29 is 18.0 Å². The zero-order valence-electron chi connectivity index (χ0n) is 14.3. The molecule has 26 heavy (non-hydrogen) atoms. The molecule has 0 radical (unpaired) electrons. The molecular formula is C16H21N5O4S. The lowest BCUT2D eigenvalue weighted by molar-refractivity contribution is -0.115. The first-order chi connectivity index (χ1) is 12.4. The first-order valence-electron chi connectivity index (χ1n) is 8.73. The predicted molar refractivity (Wildman–Crippen MR) is 94.5 cm³/mol. The summed E-state index contributed by atoms with van der Waals surface area (Å²) in [6.45, 7) is 1.39. The number of nitrogens with one attached hydrogen (secondary N) is 1. The number of rotatable bonds is 3. The Morgan fingerprint density at radius 3 is 2.88 bits per heavy atom. The fraction of sp³-hybridized carbons (Fsp3) is 0.625. The van der Waals surface area contributed by atoms with E-state index >= 15 is 0 Å². The Labute approximate surface area is 151 Å². The van der Waals surface area contributed by atoms with Gasteiger partial charge in [-0.2, -0.15) is 0 Å². The van der Waals surface area contributed by atoms with Gasteiger partial charge in [0.05, 0.1) is 18.1 Å². The van der Waals surface area contributed by atoms with Crippen LogP contribution in [0.15, 0.2) is 23.6 Å². The van der Waals surface area contributed by atoms with E-state index < -0.39 is 15.4 Å². The Morgan fingerprint density at radius 2 is 2.15 bits per heavy atom. The number of piperidine rings is 1. The quantitative estimate of drug-likeness (QED) is 0.780. The Bertz CT molecular complexity index is 828. The minimum atomic E-state index is -3.04. The second-order valence-corrected chi connectivity index (χ2v) is 9.37. The van der Waals surface area contributed by atoms with Gasteiger partial charge in [0, 0.05) is 31.4 Å². The van der Waals surface area contributed by atoms with Crippen molar-refractivity contribution in [3.05, 3.63) is 18.5 Å². The molecule has 1 amide bonds. The summed E-state index contributed by atoms with van der Waals surface area (Å²) in [6, 6.07) is 1.43. The number of amides is 1. The van der Waals surface area contributed by atoms with Gasteiger partial charge in [-0.15, -0.1) is 0 Å². The first-order valence-corrected chi connectivity index (χ1v) is 10.6. The normalized spacial score (nSPS) is 30.1. The Balaban J connectivity index is 1.38. The van der Waals surface area contributed by atoms with Crippen LogP contribution in [0.3, 0.4) is 0 Å². The van der Waals surface area contributed by atoms with Crippen molar-refractivity contribution >= 4 is 27.4 Å². The van der Waals surface area contributed by atoms with Crippen molar-refractivity contribution in [2.24, 2.45) is 5.16 Å². The Morgan fingerprint density at radius 1 is 1.35 bits per heavy atom. The van der Waals surface area contributed by atoms with E-state index in [2.05, 4.69) is 20.4 Å². The molecule has 0 unspecified atom stereocenters. The van der Waals surface area contributed by atoms with Crippen LogP contribution in [0.4, 0.5) is 5.95 Å². The zero-order chi connectivity index (χ0) is 18.2. The fourth-order valence-electron chi connectivity index (χ4n) is 3.76. The number of anilines is 1. The predicted octanol–water partition coefficient (Wildman–Crippen LogP) is -0.105. The van der Waals surface area contributed by atoms with Crippen molar-refractivity contribution in [1.29, 1.82) is 0 Å². The van der Waals surface area contributed by atoms with E-state index in [1.165, 1.54) is 0 Å². The highest BCUT2D eigenvalue weighted by molar-refractivity contribution is 7.91. The average molecular weight is 379 g/mol. The van der Waals surface area contributed by atoms with E-state index in [0.717, 1.165) is 19.4 Å². The number of carbonyl (C=O) groups is 1. The van der Waals surface area contributed by atoms with Gasteiger partial charge in [0.15, 0.2) is 15.4 Å². The van der Waals surface area contributed by atoms with E-state index in [0.29, 0.717) is 31.0 Å². The van der Waals surface area contributed by atoms with Crippen LogP contribution in [0.2, 0.25) is 0 Å². The number of hydrogen-bond acceptors (Lipinski definition) is 8. The Kier molecular flexibility index (Phi) is 4.29. The molecule has 140 valence electrons. The van der Waals surface area contributed by atoms with Gasteiger partial charge in [-0.1, -0.05) is 5.16 Å². The van der Waals surface area contributed by atoms with Gasteiger partial charge >= 0.3 is 0 Å². The molecule has 2 atom stereocenters. The monoisotopic (exact) mass is 379 g/mol. The summed E-state index contributed by atoms with van der Waals surface area (Å²) >= 11 is 0.